The van der Waals surface area contributed by atoms with Crippen molar-refractivity contribution in [3.8, 4) is 0 Å². The van der Waals surface area contributed by atoms with Crippen LogP contribution in [0.4, 0.5) is 0 Å². The second-order valence-corrected chi connectivity index (χ2v) is 6.16. The van der Waals surface area contributed by atoms with Gasteiger partial charge in [-0.15, -0.1) is 12.6 Å². The number of Topliss-reactive ketones (excluding diaryl/α,β-unsaturated/α-hetero) is 1. The number of hydrogen-bond donors (Lipinski definition) is 3. The van der Waals surface area contributed by atoms with Gasteiger partial charge in [-0.2, -0.15) is 0 Å². The Morgan fingerprint density at radius 3 is 2.12 bits per heavy atom. The smallest absolute Gasteiger partial charge is 0.132 e. The van der Waals surface area contributed by atoms with Crippen LogP contribution in [-0.4, -0.2) is 28.7 Å². The molecule has 1 aliphatic heterocycles. The Kier molecular flexibility index (Phi) is 8.82. The fourth-order valence-electron chi connectivity index (χ4n) is 1.76. The number of thiocarbonyl (C=S) groups is 1. The largest absolute Gasteiger partial charge is 0.366 e. The van der Waals surface area contributed by atoms with Crippen LogP contribution in [0.1, 0.15) is 46.5 Å². The monoisotopic (exact) mass is 276 g/mol. The standard InChI is InChI=1S/C7H13NOS2.C5H11N/c1-5(9)4-7(2,3)8-6(10)11;1-2-4-6-5-3-1/h4H2,1-3H3,(H2,8,10,11);6H,1-5H2. The number of ketones is 1. The van der Waals surface area contributed by atoms with Gasteiger partial charge in [0.15, 0.2) is 0 Å². The average molecular weight is 276 g/mol. The average Bonchev–Trinajstić information content (AvgIpc) is 2.16. The number of piperidine rings is 1. The Bertz CT molecular complexity index is 221. The van der Waals surface area contributed by atoms with Crippen molar-refractivity contribution >= 4 is 35.0 Å². The molecular formula is C12H24N2OS2. The molecule has 0 amide bonds. The van der Waals surface area contributed by atoms with Crippen molar-refractivity contribution in [2.24, 2.45) is 0 Å². The van der Waals surface area contributed by atoms with Gasteiger partial charge in [0.25, 0.3) is 0 Å². The van der Waals surface area contributed by atoms with E-state index in [0.29, 0.717) is 10.7 Å². The molecule has 0 aromatic heterocycles. The minimum atomic E-state index is -0.273. The summed E-state index contributed by atoms with van der Waals surface area (Å²) in [6.45, 7) is 7.89. The van der Waals surface area contributed by atoms with Crippen molar-refractivity contribution in [1.29, 1.82) is 0 Å². The van der Waals surface area contributed by atoms with E-state index in [1.54, 1.807) is 6.92 Å². The highest BCUT2D eigenvalue weighted by atomic mass is 32.1. The van der Waals surface area contributed by atoms with Crippen LogP contribution in [0.25, 0.3) is 0 Å². The van der Waals surface area contributed by atoms with Gasteiger partial charge in [-0.1, -0.05) is 18.6 Å². The van der Waals surface area contributed by atoms with E-state index in [9.17, 15) is 4.79 Å². The topological polar surface area (TPSA) is 41.1 Å². The van der Waals surface area contributed by atoms with Gasteiger partial charge >= 0.3 is 0 Å². The highest BCUT2D eigenvalue weighted by Gasteiger charge is 2.19. The third kappa shape index (κ3) is 12.1. The molecule has 3 nitrogen and oxygen atoms in total. The molecule has 1 fully saturated rings. The molecule has 0 bridgehead atoms. The summed E-state index contributed by atoms with van der Waals surface area (Å²) in [4.78, 5) is 10.7. The molecule has 100 valence electrons. The van der Waals surface area contributed by atoms with Crippen LogP contribution in [0.2, 0.25) is 0 Å². The zero-order valence-corrected chi connectivity index (χ0v) is 12.7. The van der Waals surface area contributed by atoms with E-state index in [1.165, 1.54) is 32.4 Å². The number of carbonyl (C=O) groups is 1. The van der Waals surface area contributed by atoms with Gasteiger partial charge in [0, 0.05) is 12.0 Å². The molecule has 0 atom stereocenters. The highest BCUT2D eigenvalue weighted by Crippen LogP contribution is 2.09. The third-order valence-electron chi connectivity index (χ3n) is 2.34. The predicted molar refractivity (Wildman–Crippen MR) is 80.8 cm³/mol. The summed E-state index contributed by atoms with van der Waals surface area (Å²) in [5.74, 6) is 0.145. The van der Waals surface area contributed by atoms with Crippen LogP contribution in [0.15, 0.2) is 0 Å². The molecule has 1 saturated heterocycles. The lowest BCUT2D eigenvalue weighted by molar-refractivity contribution is -0.118. The van der Waals surface area contributed by atoms with Crippen molar-refractivity contribution in [2.45, 2.75) is 52.0 Å². The molecule has 1 aliphatic rings. The molecule has 0 spiro atoms. The van der Waals surface area contributed by atoms with E-state index in [-0.39, 0.29) is 11.3 Å². The lowest BCUT2D eigenvalue weighted by Gasteiger charge is -2.24. The summed E-state index contributed by atoms with van der Waals surface area (Å²) in [5, 5.41) is 6.21. The van der Waals surface area contributed by atoms with Crippen molar-refractivity contribution in [3.05, 3.63) is 0 Å². The minimum Gasteiger partial charge on any atom is -0.366 e. The minimum absolute atomic E-state index is 0.145. The van der Waals surface area contributed by atoms with Gasteiger partial charge in [-0.05, 0) is 46.7 Å². The quantitative estimate of drug-likeness (QED) is 0.546. The van der Waals surface area contributed by atoms with Gasteiger partial charge < -0.3 is 10.6 Å². The lowest BCUT2D eigenvalue weighted by atomic mass is 9.99. The van der Waals surface area contributed by atoms with Crippen LogP contribution in [-0.2, 0) is 4.79 Å². The SMILES string of the molecule is C1CCNCC1.CC(=O)CC(C)(C)NC(=S)S. The number of hydrogen-bond acceptors (Lipinski definition) is 3. The summed E-state index contributed by atoms with van der Waals surface area (Å²) in [6.07, 6.45) is 4.68. The Morgan fingerprint density at radius 2 is 1.88 bits per heavy atom. The van der Waals surface area contributed by atoms with Gasteiger partial charge in [0.2, 0.25) is 0 Å². The fraction of sp³-hybridized carbons (Fsp3) is 0.833. The zero-order valence-electron chi connectivity index (χ0n) is 11.0. The second kappa shape index (κ2) is 8.89. The number of nitrogens with one attached hydrogen (secondary N) is 2. The van der Waals surface area contributed by atoms with Crippen LogP contribution in [0.3, 0.4) is 0 Å². The summed E-state index contributed by atoms with van der Waals surface area (Å²) in [5.41, 5.74) is -0.273. The van der Waals surface area contributed by atoms with E-state index in [4.69, 9.17) is 12.2 Å². The third-order valence-corrected chi connectivity index (χ3v) is 2.56. The number of thiol groups is 1. The van der Waals surface area contributed by atoms with Gasteiger partial charge in [0.05, 0.1) is 0 Å². The number of carbonyl (C=O) groups excluding carboxylic acids is 1. The van der Waals surface area contributed by atoms with E-state index in [0.717, 1.165) is 0 Å². The van der Waals surface area contributed by atoms with Crippen LogP contribution in [0, 0.1) is 0 Å². The Morgan fingerprint density at radius 1 is 1.35 bits per heavy atom. The van der Waals surface area contributed by atoms with Crippen molar-refractivity contribution < 1.29 is 4.79 Å². The van der Waals surface area contributed by atoms with Crippen LogP contribution in [0.5, 0.6) is 0 Å². The first-order valence-corrected chi connectivity index (χ1v) is 6.90. The summed E-state index contributed by atoms with van der Waals surface area (Å²) in [7, 11) is 0. The molecule has 0 saturated carbocycles. The molecule has 0 aromatic rings. The fourth-order valence-corrected chi connectivity index (χ4v) is 2.34. The van der Waals surface area contributed by atoms with Crippen molar-refractivity contribution in [1.82, 2.24) is 10.6 Å². The Hall–Kier alpha value is -0.130. The first-order valence-electron chi connectivity index (χ1n) is 6.05. The molecule has 5 heteroatoms. The van der Waals surface area contributed by atoms with E-state index in [1.807, 2.05) is 13.8 Å². The first-order chi connectivity index (χ1) is 7.83. The first kappa shape index (κ1) is 16.9. The summed E-state index contributed by atoms with van der Waals surface area (Å²) >= 11 is 8.66. The Labute approximate surface area is 116 Å². The Balaban J connectivity index is 0.000000354. The van der Waals surface area contributed by atoms with E-state index < -0.39 is 0 Å². The molecule has 0 radical (unpaired) electrons. The lowest BCUT2D eigenvalue weighted by Crippen LogP contribution is -2.42. The highest BCUT2D eigenvalue weighted by molar-refractivity contribution is 8.11. The molecule has 2 N–H and O–H groups in total. The maximum Gasteiger partial charge on any atom is 0.132 e. The molecule has 1 heterocycles. The molecule has 17 heavy (non-hydrogen) atoms. The predicted octanol–water partition coefficient (Wildman–Crippen LogP) is 2.31. The molecule has 0 aromatic carbocycles. The maximum atomic E-state index is 10.7. The zero-order chi connectivity index (χ0) is 13.3. The normalized spacial score (nSPS) is 15.5. The number of rotatable bonds is 3. The van der Waals surface area contributed by atoms with Gasteiger partial charge in [0.1, 0.15) is 10.1 Å². The molecule has 1 rings (SSSR count). The molecular weight excluding hydrogens is 252 g/mol. The van der Waals surface area contributed by atoms with E-state index >= 15 is 0 Å². The van der Waals surface area contributed by atoms with Crippen LogP contribution < -0.4 is 10.6 Å². The maximum absolute atomic E-state index is 10.7. The summed E-state index contributed by atoms with van der Waals surface area (Å²) < 4.78 is 0.427. The van der Waals surface area contributed by atoms with Crippen molar-refractivity contribution in [2.75, 3.05) is 13.1 Å². The van der Waals surface area contributed by atoms with E-state index in [2.05, 4.69) is 23.3 Å². The van der Waals surface area contributed by atoms with Gasteiger partial charge in [-0.25, -0.2) is 0 Å². The van der Waals surface area contributed by atoms with Gasteiger partial charge in [-0.3, -0.25) is 4.79 Å². The van der Waals surface area contributed by atoms with Crippen LogP contribution >= 0.6 is 24.8 Å². The summed E-state index contributed by atoms with van der Waals surface area (Å²) in [6, 6.07) is 0. The molecule has 0 aliphatic carbocycles. The molecule has 0 unspecified atom stereocenters. The second-order valence-electron chi connectivity index (χ2n) is 5.00. The van der Waals surface area contributed by atoms with Crippen molar-refractivity contribution in [3.63, 3.8) is 0 Å².